The van der Waals surface area contributed by atoms with Gasteiger partial charge in [-0.05, 0) is 36.2 Å². The summed E-state index contributed by atoms with van der Waals surface area (Å²) in [5, 5.41) is 9.10. The van der Waals surface area contributed by atoms with E-state index in [4.69, 9.17) is 14.6 Å². The van der Waals surface area contributed by atoms with E-state index in [0.29, 0.717) is 34.6 Å². The number of hydrogen-bond donors (Lipinski definition) is 1. The van der Waals surface area contributed by atoms with E-state index < -0.39 is 11.9 Å². The fourth-order valence-electron chi connectivity index (χ4n) is 2.40. The van der Waals surface area contributed by atoms with Gasteiger partial charge < -0.3 is 14.6 Å². The van der Waals surface area contributed by atoms with E-state index in [-0.39, 0.29) is 6.42 Å². The third-order valence-corrected chi connectivity index (χ3v) is 3.34. The Kier molecular flexibility index (Phi) is 5.36. The number of hydrogen-bond acceptors (Lipinski definition) is 4. The molecule has 0 unspecified atom stereocenters. The standard InChI is InChI=1S/C18H18O5/c1-3-23-18(21)14-8-4-6-12(10-14)17-13(11-16(19)20)7-5-9-15(17)22-2/h4-10H,3,11H2,1-2H3,(H,19,20). The molecule has 0 heterocycles. The lowest BCUT2D eigenvalue weighted by Gasteiger charge is -2.14. The van der Waals surface area contributed by atoms with Crippen LogP contribution in [-0.2, 0) is 16.0 Å². The monoisotopic (exact) mass is 314 g/mol. The van der Waals surface area contributed by atoms with Gasteiger partial charge in [-0.1, -0.05) is 24.3 Å². The van der Waals surface area contributed by atoms with Crippen molar-refractivity contribution in [3.05, 3.63) is 53.6 Å². The van der Waals surface area contributed by atoms with Gasteiger partial charge in [-0.2, -0.15) is 0 Å². The second kappa shape index (κ2) is 7.45. The minimum absolute atomic E-state index is 0.129. The molecule has 0 spiro atoms. The van der Waals surface area contributed by atoms with Gasteiger partial charge >= 0.3 is 11.9 Å². The first-order valence-corrected chi connectivity index (χ1v) is 7.22. The van der Waals surface area contributed by atoms with Gasteiger partial charge in [0.25, 0.3) is 0 Å². The van der Waals surface area contributed by atoms with Crippen LogP contribution in [-0.4, -0.2) is 30.8 Å². The topological polar surface area (TPSA) is 72.8 Å². The maximum absolute atomic E-state index is 11.9. The maximum Gasteiger partial charge on any atom is 0.338 e. The SMILES string of the molecule is CCOC(=O)c1cccc(-c2c(CC(=O)O)cccc2OC)c1. The zero-order chi connectivity index (χ0) is 16.8. The van der Waals surface area contributed by atoms with Crippen molar-refractivity contribution in [2.24, 2.45) is 0 Å². The van der Waals surface area contributed by atoms with Crippen molar-refractivity contribution in [1.82, 2.24) is 0 Å². The van der Waals surface area contributed by atoms with Crippen LogP contribution in [0.1, 0.15) is 22.8 Å². The van der Waals surface area contributed by atoms with E-state index in [1.807, 2.05) is 6.07 Å². The average Bonchev–Trinajstić information content (AvgIpc) is 2.54. The van der Waals surface area contributed by atoms with E-state index >= 15 is 0 Å². The normalized spacial score (nSPS) is 10.2. The summed E-state index contributed by atoms with van der Waals surface area (Å²) >= 11 is 0. The van der Waals surface area contributed by atoms with Gasteiger partial charge in [0.15, 0.2) is 0 Å². The second-order valence-electron chi connectivity index (χ2n) is 4.87. The Morgan fingerprint density at radius 3 is 2.52 bits per heavy atom. The molecule has 2 rings (SSSR count). The lowest BCUT2D eigenvalue weighted by molar-refractivity contribution is -0.136. The Bertz CT molecular complexity index is 721. The first-order valence-electron chi connectivity index (χ1n) is 7.22. The fourth-order valence-corrected chi connectivity index (χ4v) is 2.40. The Morgan fingerprint density at radius 2 is 1.87 bits per heavy atom. The summed E-state index contributed by atoms with van der Waals surface area (Å²) in [5.74, 6) is -0.783. The number of carboxylic acid groups (broad SMARTS) is 1. The van der Waals surface area contributed by atoms with Crippen molar-refractivity contribution in [2.75, 3.05) is 13.7 Å². The first kappa shape index (κ1) is 16.5. The van der Waals surface area contributed by atoms with Crippen molar-refractivity contribution in [3.63, 3.8) is 0 Å². The largest absolute Gasteiger partial charge is 0.496 e. The summed E-state index contributed by atoms with van der Waals surface area (Å²) < 4.78 is 10.4. The molecule has 0 aliphatic heterocycles. The Balaban J connectivity index is 2.54. The average molecular weight is 314 g/mol. The predicted octanol–water partition coefficient (Wildman–Crippen LogP) is 3.17. The van der Waals surface area contributed by atoms with E-state index in [0.717, 1.165) is 0 Å². The fraction of sp³-hybridized carbons (Fsp3) is 0.222. The molecule has 5 heteroatoms. The van der Waals surface area contributed by atoms with Crippen molar-refractivity contribution in [1.29, 1.82) is 0 Å². The zero-order valence-electron chi connectivity index (χ0n) is 13.0. The highest BCUT2D eigenvalue weighted by atomic mass is 16.5. The van der Waals surface area contributed by atoms with E-state index in [2.05, 4.69) is 0 Å². The number of carbonyl (C=O) groups excluding carboxylic acids is 1. The van der Waals surface area contributed by atoms with Crippen LogP contribution in [0.25, 0.3) is 11.1 Å². The molecule has 5 nitrogen and oxygen atoms in total. The molecule has 2 aromatic rings. The number of benzene rings is 2. The van der Waals surface area contributed by atoms with Gasteiger partial charge in [-0.25, -0.2) is 4.79 Å². The maximum atomic E-state index is 11.9. The highest BCUT2D eigenvalue weighted by molar-refractivity contribution is 5.92. The minimum Gasteiger partial charge on any atom is -0.496 e. The molecule has 0 bridgehead atoms. The highest BCUT2D eigenvalue weighted by Gasteiger charge is 2.15. The number of rotatable bonds is 6. The van der Waals surface area contributed by atoms with Gasteiger partial charge in [-0.15, -0.1) is 0 Å². The van der Waals surface area contributed by atoms with Gasteiger partial charge in [-0.3, -0.25) is 4.79 Å². The lowest BCUT2D eigenvalue weighted by atomic mass is 9.95. The van der Waals surface area contributed by atoms with Crippen LogP contribution in [0.15, 0.2) is 42.5 Å². The van der Waals surface area contributed by atoms with E-state index in [1.165, 1.54) is 7.11 Å². The van der Waals surface area contributed by atoms with Crippen LogP contribution in [0.2, 0.25) is 0 Å². The molecule has 0 atom stereocenters. The molecule has 0 amide bonds. The number of ether oxygens (including phenoxy) is 2. The van der Waals surface area contributed by atoms with Gasteiger partial charge in [0.2, 0.25) is 0 Å². The van der Waals surface area contributed by atoms with Crippen molar-refractivity contribution >= 4 is 11.9 Å². The molecule has 1 N–H and O–H groups in total. The van der Waals surface area contributed by atoms with Crippen molar-refractivity contribution in [3.8, 4) is 16.9 Å². The second-order valence-corrected chi connectivity index (χ2v) is 4.87. The number of carboxylic acids is 1. The third-order valence-electron chi connectivity index (χ3n) is 3.34. The number of aliphatic carboxylic acids is 1. The molecule has 2 aromatic carbocycles. The molecular weight excluding hydrogens is 296 g/mol. The van der Waals surface area contributed by atoms with Crippen LogP contribution in [0.5, 0.6) is 5.75 Å². The lowest BCUT2D eigenvalue weighted by Crippen LogP contribution is -2.06. The van der Waals surface area contributed by atoms with E-state index in [9.17, 15) is 9.59 Å². The highest BCUT2D eigenvalue weighted by Crippen LogP contribution is 2.34. The minimum atomic E-state index is -0.930. The molecule has 0 radical (unpaired) electrons. The smallest absolute Gasteiger partial charge is 0.338 e. The Hall–Kier alpha value is -2.82. The number of methoxy groups -OCH3 is 1. The molecule has 0 aromatic heterocycles. The summed E-state index contributed by atoms with van der Waals surface area (Å²) in [7, 11) is 1.53. The summed E-state index contributed by atoms with van der Waals surface area (Å²) in [4.78, 5) is 23.0. The first-order chi connectivity index (χ1) is 11.1. The molecule has 120 valence electrons. The Labute approximate surface area is 134 Å². The number of carbonyl (C=O) groups is 2. The summed E-state index contributed by atoms with van der Waals surface area (Å²) in [5.41, 5.74) is 2.42. The van der Waals surface area contributed by atoms with Crippen molar-refractivity contribution in [2.45, 2.75) is 13.3 Å². The molecule has 0 saturated heterocycles. The third kappa shape index (κ3) is 3.88. The summed E-state index contributed by atoms with van der Waals surface area (Å²) in [6, 6.07) is 12.1. The van der Waals surface area contributed by atoms with E-state index in [1.54, 1.807) is 43.3 Å². The van der Waals surface area contributed by atoms with Crippen LogP contribution in [0, 0.1) is 0 Å². The summed E-state index contributed by atoms with van der Waals surface area (Å²) in [6.45, 7) is 2.04. The van der Waals surface area contributed by atoms with Crippen molar-refractivity contribution < 1.29 is 24.2 Å². The molecule has 0 fully saturated rings. The van der Waals surface area contributed by atoms with Gasteiger partial charge in [0.05, 0.1) is 25.7 Å². The molecule has 0 aliphatic rings. The van der Waals surface area contributed by atoms with Crippen LogP contribution in [0.3, 0.4) is 0 Å². The Morgan fingerprint density at radius 1 is 1.13 bits per heavy atom. The summed E-state index contributed by atoms with van der Waals surface area (Å²) in [6.07, 6.45) is -0.129. The molecule has 23 heavy (non-hydrogen) atoms. The number of esters is 1. The zero-order valence-corrected chi connectivity index (χ0v) is 13.0. The van der Waals surface area contributed by atoms with Gasteiger partial charge in [0, 0.05) is 5.56 Å². The van der Waals surface area contributed by atoms with Crippen LogP contribution < -0.4 is 4.74 Å². The predicted molar refractivity (Wildman–Crippen MR) is 85.7 cm³/mol. The molecule has 0 saturated carbocycles. The van der Waals surface area contributed by atoms with Crippen LogP contribution in [0.4, 0.5) is 0 Å². The molecular formula is C18H18O5. The molecule has 0 aliphatic carbocycles. The van der Waals surface area contributed by atoms with Gasteiger partial charge in [0.1, 0.15) is 5.75 Å². The van der Waals surface area contributed by atoms with Crippen LogP contribution >= 0.6 is 0 Å². The quantitative estimate of drug-likeness (QED) is 0.829.